The van der Waals surface area contributed by atoms with Gasteiger partial charge in [-0.25, -0.2) is 14.5 Å². The normalized spacial score (nSPS) is 11.5. The molecule has 12 aromatic rings. The lowest BCUT2D eigenvalue weighted by Crippen LogP contribution is -1.97. The molecule has 0 spiro atoms. The molecule has 0 atom stereocenters. The van der Waals surface area contributed by atoms with E-state index in [1.54, 1.807) is 0 Å². The third-order valence-electron chi connectivity index (χ3n) is 11.9. The maximum Gasteiger partial charge on any atom is 0.160 e. The van der Waals surface area contributed by atoms with Crippen LogP contribution in [0.5, 0.6) is 0 Å². The van der Waals surface area contributed by atoms with Gasteiger partial charge in [0, 0.05) is 55.1 Å². The molecule has 4 aromatic heterocycles. The van der Waals surface area contributed by atoms with Crippen molar-refractivity contribution in [1.82, 2.24) is 19.6 Å². The summed E-state index contributed by atoms with van der Waals surface area (Å²) < 4.78 is 8.51. The fourth-order valence-corrected chi connectivity index (χ4v) is 8.84. The number of rotatable bonds is 7. The summed E-state index contributed by atoms with van der Waals surface area (Å²) in [5.74, 6) is 0.674. The van der Waals surface area contributed by atoms with E-state index in [2.05, 4.69) is 193 Å². The molecule has 0 bridgehead atoms. The third-order valence-corrected chi connectivity index (χ3v) is 11.9. The Hall–Kier alpha value is -8.41. The van der Waals surface area contributed by atoms with Crippen molar-refractivity contribution in [2.45, 2.75) is 0 Å². The molecule has 0 N–H and O–H groups in total. The van der Waals surface area contributed by atoms with Crippen LogP contribution < -0.4 is 0 Å². The van der Waals surface area contributed by atoms with Crippen LogP contribution in [0.4, 0.5) is 0 Å². The number of hydrogen-bond donors (Lipinski definition) is 0. The van der Waals surface area contributed by atoms with Crippen LogP contribution in [-0.2, 0) is 0 Å². The molecule has 0 radical (unpaired) electrons. The van der Waals surface area contributed by atoms with E-state index < -0.39 is 0 Å². The van der Waals surface area contributed by atoms with Crippen molar-refractivity contribution in [3.63, 3.8) is 0 Å². The average Bonchev–Trinajstić information content (AvgIpc) is 3.95. The molecule has 0 unspecified atom stereocenters. The molecule has 0 aliphatic carbocycles. The van der Waals surface area contributed by atoms with E-state index in [1.165, 1.54) is 0 Å². The molecule has 4 heterocycles. The average molecular weight is 793 g/mol. The summed E-state index contributed by atoms with van der Waals surface area (Å²) in [7, 11) is 0. The lowest BCUT2D eigenvalue weighted by atomic mass is 9.97. The van der Waals surface area contributed by atoms with Crippen molar-refractivity contribution >= 4 is 38.2 Å². The first-order valence-corrected chi connectivity index (χ1v) is 20.9. The topological polar surface area (TPSA) is 56.2 Å². The van der Waals surface area contributed by atoms with Crippen molar-refractivity contribution in [2.24, 2.45) is 0 Å². The van der Waals surface area contributed by atoms with Gasteiger partial charge in [-0.3, -0.25) is 0 Å². The van der Waals surface area contributed by atoms with E-state index in [0.717, 1.165) is 111 Å². The molecule has 5 nitrogen and oxygen atoms in total. The Labute approximate surface area is 357 Å². The SMILES string of the molecule is c1ccc(-c2nc(-c3ccc(-c4cccc5c4oc4ccccc45)cc3)cc(-c3ccc(-c4cc5ccccc5c5c(-c6ccccc6)c(-c6ccccc6)nn45)cc3)n2)cc1. The first-order valence-electron chi connectivity index (χ1n) is 20.9. The number of fused-ring (bicyclic) bond motifs is 6. The van der Waals surface area contributed by atoms with E-state index in [-0.39, 0.29) is 0 Å². The van der Waals surface area contributed by atoms with Crippen LogP contribution in [0.1, 0.15) is 0 Å². The van der Waals surface area contributed by atoms with Gasteiger partial charge in [0.15, 0.2) is 5.82 Å². The molecular formula is C57H36N4O. The second kappa shape index (κ2) is 14.7. The van der Waals surface area contributed by atoms with Gasteiger partial charge in [0.1, 0.15) is 16.9 Å². The summed E-state index contributed by atoms with van der Waals surface area (Å²) in [4.78, 5) is 10.3. The molecule has 0 fully saturated rings. The number of benzene rings is 8. The van der Waals surface area contributed by atoms with Crippen LogP contribution in [-0.4, -0.2) is 19.6 Å². The van der Waals surface area contributed by atoms with Crippen LogP contribution in [0.25, 0.3) is 117 Å². The van der Waals surface area contributed by atoms with E-state index in [4.69, 9.17) is 19.5 Å². The summed E-state index contributed by atoms with van der Waals surface area (Å²) in [6.45, 7) is 0. The molecule has 12 rings (SSSR count). The highest BCUT2D eigenvalue weighted by Crippen LogP contribution is 2.42. The predicted molar refractivity (Wildman–Crippen MR) is 254 cm³/mol. The molecule has 290 valence electrons. The lowest BCUT2D eigenvalue weighted by molar-refractivity contribution is 0.670. The lowest BCUT2D eigenvalue weighted by Gasteiger charge is -2.12. The fourth-order valence-electron chi connectivity index (χ4n) is 8.84. The maximum atomic E-state index is 6.38. The van der Waals surface area contributed by atoms with Gasteiger partial charge in [-0.15, -0.1) is 0 Å². The van der Waals surface area contributed by atoms with Gasteiger partial charge in [0.2, 0.25) is 0 Å². The van der Waals surface area contributed by atoms with Gasteiger partial charge in [-0.1, -0.05) is 200 Å². The van der Waals surface area contributed by atoms with Crippen LogP contribution in [0.3, 0.4) is 0 Å². The molecule has 62 heavy (non-hydrogen) atoms. The van der Waals surface area contributed by atoms with Gasteiger partial charge in [-0.05, 0) is 34.7 Å². The monoisotopic (exact) mass is 792 g/mol. The highest BCUT2D eigenvalue weighted by Gasteiger charge is 2.22. The second-order valence-corrected chi connectivity index (χ2v) is 15.6. The number of aromatic nitrogens is 4. The number of para-hydroxylation sites is 2. The summed E-state index contributed by atoms with van der Waals surface area (Å²) in [5.41, 5.74) is 16.0. The second-order valence-electron chi connectivity index (χ2n) is 15.6. The van der Waals surface area contributed by atoms with Crippen molar-refractivity contribution in [3.8, 4) is 78.7 Å². The largest absolute Gasteiger partial charge is 0.455 e. The Morgan fingerprint density at radius 1 is 0.387 bits per heavy atom. The number of nitrogens with zero attached hydrogens (tertiary/aromatic N) is 4. The fraction of sp³-hybridized carbons (Fsp3) is 0. The van der Waals surface area contributed by atoms with Crippen LogP contribution in [0, 0.1) is 0 Å². The first kappa shape index (κ1) is 35.5. The van der Waals surface area contributed by atoms with Crippen LogP contribution >= 0.6 is 0 Å². The third kappa shape index (κ3) is 6.06. The number of furan rings is 1. The molecule has 0 saturated heterocycles. The van der Waals surface area contributed by atoms with Gasteiger partial charge in [0.25, 0.3) is 0 Å². The Morgan fingerprint density at radius 3 is 1.63 bits per heavy atom. The maximum absolute atomic E-state index is 6.38. The van der Waals surface area contributed by atoms with Gasteiger partial charge in [-0.2, -0.15) is 5.10 Å². The molecule has 8 aromatic carbocycles. The van der Waals surface area contributed by atoms with Crippen LogP contribution in [0.15, 0.2) is 223 Å². The Morgan fingerprint density at radius 2 is 0.935 bits per heavy atom. The summed E-state index contributed by atoms with van der Waals surface area (Å²) in [6, 6.07) is 76.1. The first-order chi connectivity index (χ1) is 30.7. The molecule has 0 aliphatic rings. The van der Waals surface area contributed by atoms with Crippen molar-refractivity contribution < 1.29 is 4.42 Å². The van der Waals surface area contributed by atoms with Gasteiger partial charge in [0.05, 0.1) is 22.6 Å². The van der Waals surface area contributed by atoms with Crippen LogP contribution in [0.2, 0.25) is 0 Å². The standard InChI is InChI=1S/C57H36N4O/c1-4-15-41(16-5-1)53-54(42-17-6-2-7-18-42)60-61-51(35-44-21-10-11-22-45(44)55(53)61)40-33-31-39(32-34-40)50-36-49(58-57(59-50)43-19-8-3-9-20-43)38-29-27-37(28-30-38)46-24-14-25-48-47-23-12-13-26-52(47)62-56(46)48/h1-36H. The van der Waals surface area contributed by atoms with Crippen molar-refractivity contribution in [1.29, 1.82) is 0 Å². The molecule has 0 saturated carbocycles. The Bertz CT molecular complexity index is 3590. The molecule has 0 amide bonds. The smallest absolute Gasteiger partial charge is 0.160 e. The zero-order valence-electron chi connectivity index (χ0n) is 33.5. The Balaban J connectivity index is 0.966. The highest BCUT2D eigenvalue weighted by atomic mass is 16.3. The van der Waals surface area contributed by atoms with Crippen molar-refractivity contribution in [2.75, 3.05) is 0 Å². The Kier molecular flexibility index (Phi) is 8.42. The highest BCUT2D eigenvalue weighted by molar-refractivity contribution is 6.10. The molecular weight excluding hydrogens is 757 g/mol. The summed E-state index contributed by atoms with van der Waals surface area (Å²) in [5, 5.41) is 9.95. The zero-order chi connectivity index (χ0) is 41.0. The number of hydrogen-bond acceptors (Lipinski definition) is 4. The summed E-state index contributed by atoms with van der Waals surface area (Å²) in [6.07, 6.45) is 0. The van der Waals surface area contributed by atoms with Gasteiger partial charge >= 0.3 is 0 Å². The van der Waals surface area contributed by atoms with E-state index in [1.807, 2.05) is 30.3 Å². The quantitative estimate of drug-likeness (QED) is 0.161. The van der Waals surface area contributed by atoms with E-state index in [9.17, 15) is 0 Å². The van der Waals surface area contributed by atoms with E-state index in [0.29, 0.717) is 5.82 Å². The predicted octanol–water partition coefficient (Wildman–Crippen LogP) is 14.8. The van der Waals surface area contributed by atoms with Crippen molar-refractivity contribution in [3.05, 3.63) is 218 Å². The molecule has 5 heteroatoms. The minimum absolute atomic E-state index is 0.674. The minimum atomic E-state index is 0.674. The zero-order valence-corrected chi connectivity index (χ0v) is 33.5. The number of pyridine rings is 1. The summed E-state index contributed by atoms with van der Waals surface area (Å²) >= 11 is 0. The van der Waals surface area contributed by atoms with E-state index >= 15 is 0 Å². The molecule has 0 aliphatic heterocycles. The minimum Gasteiger partial charge on any atom is -0.455 e. The van der Waals surface area contributed by atoms with Gasteiger partial charge < -0.3 is 4.42 Å².